The molecule has 0 aromatic rings. The Balaban J connectivity index is 1.92. The van der Waals surface area contributed by atoms with Crippen molar-refractivity contribution in [3.8, 4) is 0 Å². The zero-order chi connectivity index (χ0) is 24.3. The largest absolute Gasteiger partial charge is 0.501 e. The Kier molecular flexibility index (Phi) is 8.43. The van der Waals surface area contributed by atoms with Crippen molar-refractivity contribution in [1.29, 1.82) is 0 Å². The molecule has 1 aliphatic heterocycles. The lowest BCUT2D eigenvalue weighted by molar-refractivity contribution is -0.136. The normalized spacial score (nSPS) is 34.1. The summed E-state index contributed by atoms with van der Waals surface area (Å²) in [5.41, 5.74) is 6.34. The van der Waals surface area contributed by atoms with Crippen LogP contribution in [-0.2, 0) is 14.3 Å². The molecular weight excluding hydrogens is 420 g/mol. The van der Waals surface area contributed by atoms with Crippen molar-refractivity contribution >= 4 is 5.91 Å². The number of hydrogen-bond acceptors (Lipinski definition) is 6. The van der Waals surface area contributed by atoms with E-state index in [1.54, 1.807) is 26.4 Å². The summed E-state index contributed by atoms with van der Waals surface area (Å²) in [5.74, 6) is 1.59. The molecule has 7 nitrogen and oxygen atoms in total. The van der Waals surface area contributed by atoms with Gasteiger partial charge in [-0.05, 0) is 47.7 Å². The lowest BCUT2D eigenvalue weighted by atomic mass is 9.68. The maximum atomic E-state index is 13.5. The zero-order valence-electron chi connectivity index (χ0n) is 20.5. The molecule has 7 heteroatoms. The summed E-state index contributed by atoms with van der Waals surface area (Å²) in [5, 5.41) is 20.9. The number of rotatable bonds is 7. The molecule has 8 unspecified atom stereocenters. The van der Waals surface area contributed by atoms with Gasteiger partial charge in [0.05, 0.1) is 26.2 Å². The summed E-state index contributed by atoms with van der Waals surface area (Å²) < 4.78 is 11.0. The molecule has 33 heavy (non-hydrogen) atoms. The van der Waals surface area contributed by atoms with Gasteiger partial charge in [-0.25, -0.2) is 0 Å². The highest BCUT2D eigenvalue weighted by molar-refractivity contribution is 5.76. The Bertz CT molecular complexity index is 821. The molecular formula is C26H40N2O5. The van der Waals surface area contributed by atoms with Crippen molar-refractivity contribution in [3.63, 3.8) is 0 Å². The topological polar surface area (TPSA) is 105 Å². The summed E-state index contributed by atoms with van der Waals surface area (Å²) in [6.45, 7) is 7.97. The van der Waals surface area contributed by atoms with Crippen molar-refractivity contribution in [1.82, 2.24) is 4.90 Å². The Morgan fingerprint density at radius 3 is 2.39 bits per heavy atom. The van der Waals surface area contributed by atoms with E-state index in [0.717, 1.165) is 19.5 Å². The standard InChI is InChI=1S/C26H40N2O5/c1-15-8-16(2)14-28(13-15)24(30)12-21(20-7-6-18(26(27)31)9-17(20)3)25-22(29)10-19(32-4)11-23(25)33-5/h6-7,9-11,15-17,20-22,25-26,29,31H,8,12-14,27H2,1-5H3. The quantitative estimate of drug-likeness (QED) is 0.505. The van der Waals surface area contributed by atoms with Crippen molar-refractivity contribution in [2.75, 3.05) is 27.3 Å². The van der Waals surface area contributed by atoms with Crippen molar-refractivity contribution in [2.24, 2.45) is 41.2 Å². The molecule has 1 heterocycles. The van der Waals surface area contributed by atoms with Crippen LogP contribution in [0.3, 0.4) is 0 Å². The van der Waals surface area contributed by atoms with Gasteiger partial charge in [-0.15, -0.1) is 0 Å². The van der Waals surface area contributed by atoms with Crippen LogP contribution in [0.25, 0.3) is 0 Å². The lowest BCUT2D eigenvalue weighted by Gasteiger charge is -2.41. The molecule has 0 saturated carbocycles. The Labute approximate surface area is 197 Å². The Morgan fingerprint density at radius 1 is 1.18 bits per heavy atom. The molecule has 2 aliphatic carbocycles. The van der Waals surface area contributed by atoms with E-state index in [2.05, 4.69) is 20.8 Å². The molecule has 8 atom stereocenters. The monoisotopic (exact) mass is 460 g/mol. The van der Waals surface area contributed by atoms with Gasteiger partial charge >= 0.3 is 0 Å². The average molecular weight is 461 g/mol. The van der Waals surface area contributed by atoms with Gasteiger partial charge in [-0.1, -0.05) is 39.0 Å². The van der Waals surface area contributed by atoms with Crippen LogP contribution in [0.5, 0.6) is 0 Å². The highest BCUT2D eigenvalue weighted by Gasteiger charge is 2.42. The van der Waals surface area contributed by atoms with Gasteiger partial charge in [0, 0.05) is 25.6 Å². The number of nitrogens with two attached hydrogens (primary N) is 1. The molecule has 1 saturated heterocycles. The van der Waals surface area contributed by atoms with Crippen LogP contribution in [-0.4, -0.2) is 60.7 Å². The predicted octanol–water partition coefficient (Wildman–Crippen LogP) is 2.57. The fourth-order valence-corrected chi connectivity index (χ4v) is 5.81. The van der Waals surface area contributed by atoms with Gasteiger partial charge in [-0.2, -0.15) is 0 Å². The number of carbonyl (C=O) groups excluding carboxylic acids is 1. The summed E-state index contributed by atoms with van der Waals surface area (Å²) in [4.78, 5) is 15.5. The van der Waals surface area contributed by atoms with Gasteiger partial charge in [0.15, 0.2) is 0 Å². The molecule has 3 aliphatic rings. The second kappa shape index (κ2) is 10.9. The molecule has 0 aromatic carbocycles. The van der Waals surface area contributed by atoms with Crippen molar-refractivity contribution in [2.45, 2.75) is 45.9 Å². The predicted molar refractivity (Wildman–Crippen MR) is 127 cm³/mol. The highest BCUT2D eigenvalue weighted by atomic mass is 16.5. The first-order chi connectivity index (χ1) is 15.6. The Morgan fingerprint density at radius 2 is 1.85 bits per heavy atom. The molecule has 1 fully saturated rings. The van der Waals surface area contributed by atoms with Crippen LogP contribution >= 0.6 is 0 Å². The number of aliphatic hydroxyl groups is 2. The van der Waals surface area contributed by atoms with E-state index in [1.165, 1.54) is 0 Å². The van der Waals surface area contributed by atoms with E-state index < -0.39 is 18.2 Å². The maximum absolute atomic E-state index is 13.5. The number of methoxy groups -OCH3 is 2. The van der Waals surface area contributed by atoms with Crippen LogP contribution in [0.4, 0.5) is 0 Å². The van der Waals surface area contributed by atoms with E-state index in [-0.39, 0.29) is 23.7 Å². The van der Waals surface area contributed by atoms with Gasteiger partial charge in [-0.3, -0.25) is 4.79 Å². The third-order valence-electron chi connectivity index (χ3n) is 7.29. The maximum Gasteiger partial charge on any atom is 0.222 e. The van der Waals surface area contributed by atoms with Gasteiger partial charge in [0.25, 0.3) is 0 Å². The summed E-state index contributed by atoms with van der Waals surface area (Å²) >= 11 is 0. The molecule has 0 radical (unpaired) electrons. The first-order valence-electron chi connectivity index (χ1n) is 11.9. The molecule has 184 valence electrons. The number of aliphatic hydroxyl groups excluding tert-OH is 2. The molecule has 0 bridgehead atoms. The lowest BCUT2D eigenvalue weighted by Crippen LogP contribution is -2.46. The molecule has 1 amide bonds. The molecule has 0 aromatic heterocycles. The van der Waals surface area contributed by atoms with Crippen molar-refractivity contribution < 1.29 is 24.5 Å². The minimum Gasteiger partial charge on any atom is -0.501 e. The molecule has 3 rings (SSSR count). The number of carbonyl (C=O) groups is 1. The van der Waals surface area contributed by atoms with E-state index >= 15 is 0 Å². The van der Waals surface area contributed by atoms with Crippen LogP contribution in [0.1, 0.15) is 33.6 Å². The fraction of sp³-hybridized carbons (Fsp3) is 0.654. The van der Waals surface area contributed by atoms with Crippen LogP contribution in [0.2, 0.25) is 0 Å². The number of ether oxygens (including phenoxy) is 2. The Hall–Kier alpha value is -2.09. The first kappa shape index (κ1) is 25.5. The number of likely N-dealkylation sites (tertiary alicyclic amines) is 1. The number of hydrogen-bond donors (Lipinski definition) is 3. The minimum absolute atomic E-state index is 0.0262. The number of piperidine rings is 1. The van der Waals surface area contributed by atoms with Gasteiger partial charge in [0.2, 0.25) is 5.91 Å². The average Bonchev–Trinajstić information content (AvgIpc) is 2.76. The smallest absolute Gasteiger partial charge is 0.222 e. The van der Waals surface area contributed by atoms with Crippen molar-refractivity contribution in [3.05, 3.63) is 47.5 Å². The van der Waals surface area contributed by atoms with E-state index in [4.69, 9.17) is 15.2 Å². The number of nitrogens with zero attached hydrogens (tertiary/aromatic N) is 1. The van der Waals surface area contributed by atoms with E-state index in [0.29, 0.717) is 35.3 Å². The summed E-state index contributed by atoms with van der Waals surface area (Å²) in [6, 6.07) is 0. The highest BCUT2D eigenvalue weighted by Crippen LogP contribution is 2.43. The van der Waals surface area contributed by atoms with E-state index in [9.17, 15) is 15.0 Å². The molecule has 0 spiro atoms. The van der Waals surface area contributed by atoms with Crippen LogP contribution < -0.4 is 5.73 Å². The van der Waals surface area contributed by atoms with E-state index in [1.807, 2.05) is 23.1 Å². The summed E-state index contributed by atoms with van der Waals surface area (Å²) in [7, 11) is 3.14. The van der Waals surface area contributed by atoms with Gasteiger partial charge in [0.1, 0.15) is 17.7 Å². The number of amides is 1. The minimum atomic E-state index is -1.04. The van der Waals surface area contributed by atoms with Crippen LogP contribution in [0, 0.1) is 35.5 Å². The third kappa shape index (κ3) is 5.89. The SMILES string of the molecule is COC1=CC(O)C(C(CC(=O)N2CC(C)CC(C)C2)C2C=CC(C(N)O)=CC2C)C(OC)=C1. The van der Waals surface area contributed by atoms with Gasteiger partial charge < -0.3 is 30.3 Å². The fourth-order valence-electron chi connectivity index (χ4n) is 5.81. The second-order valence-electron chi connectivity index (χ2n) is 10.1. The first-order valence-corrected chi connectivity index (χ1v) is 11.9. The number of allylic oxidation sites excluding steroid dienone is 3. The van der Waals surface area contributed by atoms with Crippen LogP contribution in [0.15, 0.2) is 47.5 Å². The zero-order valence-corrected chi connectivity index (χ0v) is 20.5. The molecule has 4 N–H and O–H groups in total. The third-order valence-corrected chi connectivity index (χ3v) is 7.29. The summed E-state index contributed by atoms with van der Waals surface area (Å²) in [6.07, 6.45) is 8.83. The second-order valence-corrected chi connectivity index (χ2v) is 10.1.